The van der Waals surface area contributed by atoms with Crippen LogP contribution in [0.4, 0.5) is 5.69 Å². The van der Waals surface area contributed by atoms with Crippen LogP contribution in [0.3, 0.4) is 0 Å². The van der Waals surface area contributed by atoms with Gasteiger partial charge in [-0.1, -0.05) is 31.4 Å². The van der Waals surface area contributed by atoms with E-state index < -0.39 is 5.97 Å². The first-order chi connectivity index (χ1) is 14.1. The van der Waals surface area contributed by atoms with E-state index in [1.54, 1.807) is 24.3 Å². The quantitative estimate of drug-likeness (QED) is 0.728. The first-order valence-electron chi connectivity index (χ1n) is 9.93. The summed E-state index contributed by atoms with van der Waals surface area (Å²) in [6.07, 6.45) is 6.34. The fourth-order valence-electron chi connectivity index (χ4n) is 3.58. The molecular weight excluding hydrogens is 368 g/mol. The highest BCUT2D eigenvalue weighted by molar-refractivity contribution is 6.04. The average molecular weight is 394 g/mol. The molecule has 0 aromatic heterocycles. The molecule has 0 heterocycles. The zero-order valence-corrected chi connectivity index (χ0v) is 16.6. The predicted molar refractivity (Wildman–Crippen MR) is 111 cm³/mol. The molecule has 1 saturated carbocycles. The van der Waals surface area contributed by atoms with Crippen LogP contribution < -0.4 is 10.6 Å². The number of nitrogens with one attached hydrogen (secondary N) is 2. The van der Waals surface area contributed by atoms with Crippen LogP contribution in [0.2, 0.25) is 0 Å². The first kappa shape index (κ1) is 20.6. The minimum Gasteiger partial charge on any atom is -0.468 e. The Labute approximate surface area is 170 Å². The number of carbonyl (C=O) groups is 3. The van der Waals surface area contributed by atoms with E-state index in [9.17, 15) is 14.4 Å². The lowest BCUT2D eigenvalue weighted by Crippen LogP contribution is -2.30. The Morgan fingerprint density at radius 2 is 1.45 bits per heavy atom. The Hall–Kier alpha value is -3.15. The molecule has 0 unspecified atom stereocenters. The van der Waals surface area contributed by atoms with Gasteiger partial charge in [-0.05, 0) is 60.7 Å². The molecule has 29 heavy (non-hydrogen) atoms. The van der Waals surface area contributed by atoms with Crippen molar-refractivity contribution in [2.45, 2.75) is 38.0 Å². The molecule has 3 rings (SSSR count). The molecule has 0 saturated heterocycles. The first-order valence-corrected chi connectivity index (χ1v) is 9.93. The minimum absolute atomic E-state index is 0.190. The number of carbonyl (C=O) groups excluding carboxylic acids is 3. The largest absolute Gasteiger partial charge is 0.468 e. The van der Waals surface area contributed by atoms with E-state index in [1.165, 1.54) is 44.8 Å². The van der Waals surface area contributed by atoms with E-state index in [2.05, 4.69) is 27.5 Å². The van der Waals surface area contributed by atoms with Crippen molar-refractivity contribution in [3.05, 3.63) is 65.2 Å². The van der Waals surface area contributed by atoms with Crippen LogP contribution in [-0.4, -0.2) is 31.4 Å². The minimum atomic E-state index is -0.517. The Morgan fingerprint density at radius 1 is 0.862 bits per heavy atom. The van der Waals surface area contributed by atoms with Crippen molar-refractivity contribution >= 4 is 23.5 Å². The maximum Gasteiger partial charge on any atom is 0.325 e. The molecule has 1 aliphatic rings. The van der Waals surface area contributed by atoms with Gasteiger partial charge in [-0.25, -0.2) is 0 Å². The summed E-state index contributed by atoms with van der Waals surface area (Å²) in [7, 11) is 1.26. The molecule has 0 atom stereocenters. The standard InChI is InChI=1S/C23H26N2O4/c1-29-21(26)15-24-22(27)18-11-13-20(14-12-18)25-23(28)19-9-7-17(8-10-19)16-5-3-2-4-6-16/h7-14,16H,2-6,15H2,1H3,(H,24,27)(H,25,28). The van der Waals surface area contributed by atoms with Crippen molar-refractivity contribution in [3.8, 4) is 0 Å². The highest BCUT2D eigenvalue weighted by Crippen LogP contribution is 2.32. The summed E-state index contributed by atoms with van der Waals surface area (Å²) in [6.45, 7) is -0.190. The van der Waals surface area contributed by atoms with Crippen molar-refractivity contribution in [2.75, 3.05) is 19.0 Å². The van der Waals surface area contributed by atoms with Crippen LogP contribution in [0, 0.1) is 0 Å². The Balaban J connectivity index is 1.56. The van der Waals surface area contributed by atoms with Gasteiger partial charge in [0.15, 0.2) is 0 Å². The molecule has 2 N–H and O–H groups in total. The molecule has 0 radical (unpaired) electrons. The normalized spacial score (nSPS) is 14.1. The van der Waals surface area contributed by atoms with Crippen LogP contribution in [0.25, 0.3) is 0 Å². The average Bonchev–Trinajstić information content (AvgIpc) is 2.78. The van der Waals surface area contributed by atoms with Gasteiger partial charge in [-0.3, -0.25) is 14.4 Å². The summed E-state index contributed by atoms with van der Waals surface area (Å²) in [5, 5.41) is 5.31. The van der Waals surface area contributed by atoms with Gasteiger partial charge in [0, 0.05) is 16.8 Å². The van der Waals surface area contributed by atoms with Gasteiger partial charge in [-0.2, -0.15) is 0 Å². The van der Waals surface area contributed by atoms with Gasteiger partial charge in [0.25, 0.3) is 11.8 Å². The third kappa shape index (κ3) is 5.67. The maximum atomic E-state index is 12.5. The number of benzene rings is 2. The van der Waals surface area contributed by atoms with Gasteiger partial charge in [0.05, 0.1) is 7.11 Å². The fourth-order valence-corrected chi connectivity index (χ4v) is 3.58. The summed E-state index contributed by atoms with van der Waals surface area (Å²) >= 11 is 0. The van der Waals surface area contributed by atoms with Gasteiger partial charge < -0.3 is 15.4 Å². The van der Waals surface area contributed by atoms with Crippen LogP contribution in [0.1, 0.15) is 64.3 Å². The molecule has 2 amide bonds. The second-order valence-electron chi connectivity index (χ2n) is 7.25. The summed E-state index contributed by atoms with van der Waals surface area (Å²) in [5.41, 5.74) is 2.90. The number of rotatable bonds is 6. The topological polar surface area (TPSA) is 84.5 Å². The lowest BCUT2D eigenvalue weighted by atomic mass is 9.84. The summed E-state index contributed by atoms with van der Waals surface area (Å²) in [5.74, 6) is -0.481. The van der Waals surface area contributed by atoms with Crippen molar-refractivity contribution < 1.29 is 19.1 Å². The molecule has 1 aliphatic carbocycles. The number of amides is 2. The zero-order chi connectivity index (χ0) is 20.6. The highest BCUT2D eigenvalue weighted by atomic mass is 16.5. The van der Waals surface area contributed by atoms with Gasteiger partial charge >= 0.3 is 5.97 Å². The molecular formula is C23H26N2O4. The molecule has 2 aromatic rings. The van der Waals surface area contributed by atoms with E-state index >= 15 is 0 Å². The second-order valence-corrected chi connectivity index (χ2v) is 7.25. The lowest BCUT2D eigenvalue weighted by molar-refractivity contribution is -0.139. The van der Waals surface area contributed by atoms with E-state index in [-0.39, 0.29) is 18.4 Å². The SMILES string of the molecule is COC(=O)CNC(=O)c1ccc(NC(=O)c2ccc(C3CCCCC3)cc2)cc1. The Kier molecular flexibility index (Phi) is 7.00. The third-order valence-corrected chi connectivity index (χ3v) is 5.28. The van der Waals surface area contributed by atoms with Crippen LogP contribution in [-0.2, 0) is 9.53 Å². The van der Waals surface area contributed by atoms with Gasteiger partial charge in [-0.15, -0.1) is 0 Å². The van der Waals surface area contributed by atoms with E-state index in [4.69, 9.17) is 0 Å². The van der Waals surface area contributed by atoms with Crippen LogP contribution >= 0.6 is 0 Å². The third-order valence-electron chi connectivity index (χ3n) is 5.28. The molecule has 1 fully saturated rings. The van der Waals surface area contributed by atoms with Crippen molar-refractivity contribution in [3.63, 3.8) is 0 Å². The number of hydrogen-bond acceptors (Lipinski definition) is 4. The van der Waals surface area contributed by atoms with Gasteiger partial charge in [0.2, 0.25) is 0 Å². The summed E-state index contributed by atoms with van der Waals surface area (Å²) in [4.78, 5) is 35.5. The fraction of sp³-hybridized carbons (Fsp3) is 0.348. The molecule has 0 spiro atoms. The molecule has 2 aromatic carbocycles. The smallest absolute Gasteiger partial charge is 0.325 e. The van der Waals surface area contributed by atoms with Crippen molar-refractivity contribution in [2.24, 2.45) is 0 Å². The lowest BCUT2D eigenvalue weighted by Gasteiger charge is -2.22. The monoisotopic (exact) mass is 394 g/mol. The van der Waals surface area contributed by atoms with Crippen molar-refractivity contribution in [1.82, 2.24) is 5.32 Å². The summed E-state index contributed by atoms with van der Waals surface area (Å²) in [6, 6.07) is 14.3. The maximum absolute atomic E-state index is 12.5. The number of methoxy groups -OCH3 is 1. The number of ether oxygens (including phenoxy) is 1. The number of hydrogen-bond donors (Lipinski definition) is 2. The molecule has 6 nitrogen and oxygen atoms in total. The van der Waals surface area contributed by atoms with E-state index in [0.717, 1.165) is 0 Å². The highest BCUT2D eigenvalue weighted by Gasteiger charge is 2.16. The van der Waals surface area contributed by atoms with Crippen LogP contribution in [0.15, 0.2) is 48.5 Å². The zero-order valence-electron chi connectivity index (χ0n) is 16.6. The molecule has 6 heteroatoms. The van der Waals surface area contributed by atoms with Crippen LogP contribution in [0.5, 0.6) is 0 Å². The van der Waals surface area contributed by atoms with E-state index in [0.29, 0.717) is 22.7 Å². The molecule has 0 bridgehead atoms. The van der Waals surface area contributed by atoms with Crippen molar-refractivity contribution in [1.29, 1.82) is 0 Å². The number of esters is 1. The predicted octanol–water partition coefficient (Wildman–Crippen LogP) is 3.89. The van der Waals surface area contributed by atoms with E-state index in [1.807, 2.05) is 12.1 Å². The Bertz CT molecular complexity index is 853. The molecule has 0 aliphatic heterocycles. The Morgan fingerprint density at radius 3 is 2.07 bits per heavy atom. The summed E-state index contributed by atoms with van der Waals surface area (Å²) < 4.78 is 4.48. The number of anilines is 1. The second kappa shape index (κ2) is 9.87. The van der Waals surface area contributed by atoms with Gasteiger partial charge in [0.1, 0.15) is 6.54 Å². The molecule has 152 valence electrons.